The van der Waals surface area contributed by atoms with E-state index in [1.54, 1.807) is 24.8 Å². The van der Waals surface area contributed by atoms with Gasteiger partial charge in [0.2, 0.25) is 0 Å². The van der Waals surface area contributed by atoms with Crippen LogP contribution in [0.3, 0.4) is 0 Å². The van der Waals surface area contributed by atoms with Gasteiger partial charge in [-0.1, -0.05) is 340 Å². The first kappa shape index (κ1) is 116. The number of aliphatic hydroxyl groups is 3. The molecule has 15 aromatic rings. The number of hydrogen-bond donors (Lipinski definition) is 3. The van der Waals surface area contributed by atoms with E-state index in [0.29, 0.717) is 16.8 Å². The third-order valence-electron chi connectivity index (χ3n) is 25.9. The number of alkyl halides is 3. The summed E-state index contributed by atoms with van der Waals surface area (Å²) in [5, 5.41) is 41.0. The van der Waals surface area contributed by atoms with E-state index in [1.807, 2.05) is 186 Å². The summed E-state index contributed by atoms with van der Waals surface area (Å²) in [4.78, 5) is 57.5. The van der Waals surface area contributed by atoms with E-state index in [9.17, 15) is 42.9 Å². The Kier molecular flexibility index (Phi) is 46.0. The molecule has 3 aromatic heterocycles. The molecule has 739 valence electrons. The normalized spacial score (nSPS) is 11.8. The van der Waals surface area contributed by atoms with E-state index >= 15 is 0 Å². The number of hydrogen-bond acceptors (Lipinski definition) is 11. The molecular weight excluding hydrogens is 2280 g/mol. The molecule has 0 aliphatic heterocycles. The SMILES string of the molecule is CC(C)(C)c1cc(-c2cc(-c3cc(C(C)(C)C)c4ccccc4c3)ncn2)[c-]c2ccccc12.CCC(CC)C(=O)C=C(O)C(CC)CC.CCC(CC)C(=O)C=C(O)C(CC)CC.CCC(CC)C(=O)C=C(O)C(CC)CC.FC(F)(F)c1cnc(-c2[c-]cc3ccccc3c2)cc1-c1ccc(-c2ccccc2)cc1.[Ir].[Ir].[Ir].[c-]1cc2ccccc2cc1-c1cc(-c2ccc3ccccc3c2)ncn1. The summed E-state index contributed by atoms with van der Waals surface area (Å²) in [6, 6.07) is 95.2. The van der Waals surface area contributed by atoms with Crippen LogP contribution in [0.15, 0.2) is 309 Å². The number of carbonyl (C=O) groups excluding carboxylic acids is 3. The second-order valence-corrected chi connectivity index (χ2v) is 37.0. The quantitative estimate of drug-likeness (QED) is 0.0242. The van der Waals surface area contributed by atoms with Crippen LogP contribution >= 0.6 is 0 Å². The maximum atomic E-state index is 13.8. The number of nitrogens with zero attached hydrogens (tertiary/aromatic N) is 5. The molecule has 0 unspecified atom stereocenters. The summed E-state index contributed by atoms with van der Waals surface area (Å²) in [5.41, 5.74) is 13.4. The van der Waals surface area contributed by atoms with Gasteiger partial charge in [-0.15, -0.1) is 87.4 Å². The van der Waals surface area contributed by atoms with Crippen LogP contribution in [0.1, 0.15) is 218 Å². The van der Waals surface area contributed by atoms with Gasteiger partial charge >= 0.3 is 6.18 Å². The van der Waals surface area contributed by atoms with Gasteiger partial charge in [0.05, 0.1) is 34.2 Å². The van der Waals surface area contributed by atoms with Crippen molar-refractivity contribution in [2.24, 2.45) is 35.5 Å². The summed E-state index contributed by atoms with van der Waals surface area (Å²) < 4.78 is 41.3. The molecule has 17 heteroatoms. The Hall–Kier alpha value is -11.4. The van der Waals surface area contributed by atoms with Crippen molar-refractivity contribution < 1.29 is 103 Å². The minimum atomic E-state index is -4.51. The molecule has 3 radical (unpaired) electrons. The van der Waals surface area contributed by atoms with Crippen LogP contribution in [-0.2, 0) is 91.7 Å². The van der Waals surface area contributed by atoms with Gasteiger partial charge in [-0.05, 0) is 173 Å². The molecule has 0 aliphatic rings. The predicted octanol–water partition coefficient (Wildman–Crippen LogP) is 34.1. The van der Waals surface area contributed by atoms with Gasteiger partial charge < -0.3 is 20.3 Å². The Balaban J connectivity index is 0.000000236. The largest absolute Gasteiger partial charge is 0.512 e. The molecule has 0 amide bonds. The van der Waals surface area contributed by atoms with Gasteiger partial charge in [-0.2, -0.15) is 13.2 Å². The van der Waals surface area contributed by atoms with Crippen LogP contribution < -0.4 is 0 Å². The summed E-state index contributed by atoms with van der Waals surface area (Å²) in [5.74, 6) is 1.64. The number of halogens is 3. The molecule has 0 fully saturated rings. The Bertz CT molecular complexity index is 6300. The van der Waals surface area contributed by atoms with E-state index in [-0.39, 0.29) is 147 Å². The van der Waals surface area contributed by atoms with Crippen LogP contribution in [-0.4, -0.2) is 57.6 Å². The van der Waals surface area contributed by atoms with Crippen LogP contribution in [0.2, 0.25) is 0 Å². The molecule has 15 rings (SSSR count). The topological polar surface area (TPSA) is 176 Å². The number of pyridine rings is 1. The number of carbonyl (C=O) groups is 3. The van der Waals surface area contributed by atoms with Crippen molar-refractivity contribution >= 4 is 71.2 Å². The number of benzene rings is 12. The summed E-state index contributed by atoms with van der Waals surface area (Å²) in [6.07, 6.45) is 14.4. The van der Waals surface area contributed by atoms with E-state index in [2.05, 4.69) is 218 Å². The zero-order chi connectivity index (χ0) is 99.1. The number of aliphatic hydroxyl groups excluding tert-OH is 3. The van der Waals surface area contributed by atoms with Crippen molar-refractivity contribution in [1.29, 1.82) is 0 Å². The number of ketones is 3. The van der Waals surface area contributed by atoms with E-state index in [0.717, 1.165) is 156 Å². The predicted molar refractivity (Wildman–Crippen MR) is 564 cm³/mol. The number of aromatic nitrogens is 5. The average molecular weight is 2410 g/mol. The Morgan fingerprint density at radius 2 is 0.643 bits per heavy atom. The van der Waals surface area contributed by atoms with E-state index in [1.165, 1.54) is 73.1 Å². The van der Waals surface area contributed by atoms with Crippen molar-refractivity contribution in [2.45, 2.75) is 219 Å². The molecule has 11 nitrogen and oxygen atoms in total. The minimum absolute atomic E-state index is 0. The number of rotatable bonds is 28. The van der Waals surface area contributed by atoms with Crippen LogP contribution in [0.25, 0.3) is 132 Å². The maximum Gasteiger partial charge on any atom is 0.418 e. The monoisotopic (exact) mass is 2410 g/mol. The van der Waals surface area contributed by atoms with Gasteiger partial charge in [0.25, 0.3) is 0 Å². The molecule has 0 saturated carbocycles. The van der Waals surface area contributed by atoms with Crippen molar-refractivity contribution in [3.8, 4) is 78.5 Å². The van der Waals surface area contributed by atoms with Crippen molar-refractivity contribution in [1.82, 2.24) is 24.9 Å². The first-order valence-electron chi connectivity index (χ1n) is 48.8. The fourth-order valence-electron chi connectivity index (χ4n) is 17.2. The summed E-state index contributed by atoms with van der Waals surface area (Å²) >= 11 is 0. The van der Waals surface area contributed by atoms with Crippen LogP contribution in [0.5, 0.6) is 0 Å². The molecule has 0 aliphatic carbocycles. The first-order chi connectivity index (χ1) is 65.8. The molecule has 0 bridgehead atoms. The zero-order valence-corrected chi connectivity index (χ0v) is 91.3. The van der Waals surface area contributed by atoms with Crippen molar-refractivity contribution in [2.75, 3.05) is 0 Å². The molecule has 0 atom stereocenters. The standard InChI is InChI=1S/C32H31N2.C28H17F3N.C24H15N2.3C13H24O2.3Ir/c1-31(2,3)27-17-23(15-21-11-7-9-13-25(21)27)29-19-30(34-20-33-29)24-16-22-12-8-10-14-26(22)28(18-24)32(4,5)6;29-28(30,31)26-18-32-27(24-15-12-20-8-4-5-9-23(20)16-24)17-25(26)22-13-10-21(11-14-22)19-6-2-1-3-7-19;1-3-7-19-13-21(11-9-17(19)5-1)23-15-24(26-16-25-23)22-12-10-18-6-2-4-8-20(18)14-22;3*1-5-10(6-2)12(14)9-13(15)11(7-3)8-4;;;/h7-15,17-20H,1-6H3;1-14,16-18H;1-11,13-16H;3*9-11,14H,5-8H2,1-4H3;;;/q3*-1;;;;;;. The van der Waals surface area contributed by atoms with Gasteiger partial charge in [0, 0.05) is 137 Å². The van der Waals surface area contributed by atoms with Crippen LogP contribution in [0, 0.1) is 53.7 Å². The van der Waals surface area contributed by atoms with Crippen molar-refractivity contribution in [3.63, 3.8) is 0 Å². The minimum Gasteiger partial charge on any atom is -0.512 e. The van der Waals surface area contributed by atoms with Gasteiger partial charge in [0.1, 0.15) is 12.7 Å². The second kappa shape index (κ2) is 55.7. The molecule has 3 heterocycles. The Morgan fingerprint density at radius 1 is 0.307 bits per heavy atom. The fraction of sp³-hybridized carbons (Fsp3) is 0.317. The third-order valence-corrected chi connectivity index (χ3v) is 25.9. The number of fused-ring (bicyclic) bond motifs is 5. The van der Waals surface area contributed by atoms with Crippen molar-refractivity contribution in [3.05, 3.63) is 344 Å². The summed E-state index contributed by atoms with van der Waals surface area (Å²) in [7, 11) is 0. The molecule has 0 saturated heterocycles. The molecule has 3 N–H and O–H groups in total. The number of allylic oxidation sites excluding steroid dienone is 6. The molecular formula is C123H135F3Ir3N5O6-3. The molecule has 140 heavy (non-hydrogen) atoms. The van der Waals surface area contributed by atoms with E-state index < -0.39 is 11.7 Å². The third kappa shape index (κ3) is 31.6. The summed E-state index contributed by atoms with van der Waals surface area (Å²) in [6.45, 7) is 37.8. The maximum absolute atomic E-state index is 13.8. The van der Waals surface area contributed by atoms with Gasteiger partial charge in [-0.3, -0.25) is 24.4 Å². The molecule has 12 aromatic carbocycles. The zero-order valence-electron chi connectivity index (χ0n) is 84.1. The molecule has 0 spiro atoms. The first-order valence-corrected chi connectivity index (χ1v) is 48.8. The second-order valence-electron chi connectivity index (χ2n) is 37.0. The fourth-order valence-corrected chi connectivity index (χ4v) is 17.2. The van der Waals surface area contributed by atoms with Crippen LogP contribution in [0.4, 0.5) is 13.2 Å². The van der Waals surface area contributed by atoms with E-state index in [4.69, 9.17) is 0 Å². The average Bonchev–Trinajstić information content (AvgIpc) is 0.906. The van der Waals surface area contributed by atoms with Gasteiger partial charge in [-0.25, -0.2) is 9.97 Å². The smallest absolute Gasteiger partial charge is 0.418 e. The Morgan fingerprint density at radius 3 is 1.08 bits per heavy atom. The van der Waals surface area contributed by atoms with Gasteiger partial charge in [0.15, 0.2) is 17.3 Å². The Labute approximate surface area is 869 Å².